The molecule has 0 radical (unpaired) electrons. The van der Waals surface area contributed by atoms with Crippen LogP contribution in [0.1, 0.15) is 16.5 Å². The summed E-state index contributed by atoms with van der Waals surface area (Å²) in [4.78, 5) is 1.10. The number of ether oxygens (including phenoxy) is 1. The van der Waals surface area contributed by atoms with Gasteiger partial charge < -0.3 is 10.5 Å². The Balaban J connectivity index is 0.00000144. The summed E-state index contributed by atoms with van der Waals surface area (Å²) < 4.78 is 5.29. The summed E-state index contributed by atoms with van der Waals surface area (Å²) in [7, 11) is 1.63. The van der Waals surface area contributed by atoms with E-state index in [-0.39, 0.29) is 18.4 Å². The lowest BCUT2D eigenvalue weighted by molar-refractivity contribution is 0.408. The first-order chi connectivity index (χ1) is 7.72. The second kappa shape index (κ2) is 6.26. The molecule has 2 nitrogen and oxygen atoms in total. The maximum atomic E-state index is 6.18. The number of nitrogens with two attached hydrogens (primary N) is 1. The van der Waals surface area contributed by atoms with Gasteiger partial charge in [0.25, 0.3) is 0 Å². The van der Waals surface area contributed by atoms with Gasteiger partial charge in [-0.25, -0.2) is 0 Å². The Morgan fingerprint density at radius 3 is 2.71 bits per heavy atom. The van der Waals surface area contributed by atoms with Crippen LogP contribution >= 0.6 is 35.3 Å². The van der Waals surface area contributed by atoms with Crippen molar-refractivity contribution in [1.82, 2.24) is 0 Å². The standard InChI is InChI=1S/C12H12ClNOS.ClH/c1-15-10-5-4-8(13)7-9(10)12(14)11-3-2-6-16-11;/h2-7,12H,14H2,1H3;1H/t12-;/m0./s1. The van der Waals surface area contributed by atoms with E-state index >= 15 is 0 Å². The average Bonchev–Trinajstić information content (AvgIpc) is 2.81. The molecule has 0 bridgehead atoms. The molecule has 1 heterocycles. The maximum absolute atomic E-state index is 6.18. The summed E-state index contributed by atoms with van der Waals surface area (Å²) in [5.74, 6) is 0.769. The number of rotatable bonds is 3. The number of halogens is 2. The maximum Gasteiger partial charge on any atom is 0.124 e. The van der Waals surface area contributed by atoms with E-state index in [4.69, 9.17) is 22.1 Å². The van der Waals surface area contributed by atoms with Crippen LogP contribution in [-0.4, -0.2) is 7.11 Å². The molecule has 0 aliphatic rings. The third kappa shape index (κ3) is 3.13. The van der Waals surface area contributed by atoms with Gasteiger partial charge in [-0.05, 0) is 29.6 Å². The zero-order valence-electron chi connectivity index (χ0n) is 9.22. The van der Waals surface area contributed by atoms with Crippen LogP contribution in [0.4, 0.5) is 0 Å². The predicted octanol–water partition coefficient (Wildman–Crippen LogP) is 3.88. The molecule has 0 saturated heterocycles. The van der Waals surface area contributed by atoms with E-state index in [0.29, 0.717) is 5.02 Å². The van der Waals surface area contributed by atoms with Crippen molar-refractivity contribution in [2.24, 2.45) is 5.73 Å². The first kappa shape index (κ1) is 14.3. The van der Waals surface area contributed by atoms with Gasteiger partial charge in [0.1, 0.15) is 5.75 Å². The average molecular weight is 290 g/mol. The number of thiophene rings is 1. The van der Waals surface area contributed by atoms with Crippen molar-refractivity contribution in [2.75, 3.05) is 7.11 Å². The van der Waals surface area contributed by atoms with Crippen molar-refractivity contribution in [3.63, 3.8) is 0 Å². The van der Waals surface area contributed by atoms with Gasteiger partial charge >= 0.3 is 0 Å². The monoisotopic (exact) mass is 289 g/mol. The zero-order valence-corrected chi connectivity index (χ0v) is 11.6. The van der Waals surface area contributed by atoms with Gasteiger partial charge in [-0.15, -0.1) is 23.7 Å². The second-order valence-corrected chi connectivity index (χ2v) is 4.80. The Labute approximate surface area is 116 Å². The second-order valence-electron chi connectivity index (χ2n) is 3.38. The summed E-state index contributed by atoms with van der Waals surface area (Å²) >= 11 is 7.60. The third-order valence-corrected chi connectivity index (χ3v) is 3.57. The smallest absolute Gasteiger partial charge is 0.124 e. The van der Waals surface area contributed by atoms with Gasteiger partial charge in [0.15, 0.2) is 0 Å². The molecule has 17 heavy (non-hydrogen) atoms. The molecule has 2 aromatic rings. The molecule has 5 heteroatoms. The summed E-state index contributed by atoms with van der Waals surface area (Å²) in [6, 6.07) is 9.29. The molecular formula is C12H13Cl2NOS. The fraction of sp³-hybridized carbons (Fsp3) is 0.167. The quantitative estimate of drug-likeness (QED) is 0.931. The summed E-state index contributed by atoms with van der Waals surface area (Å²) in [5.41, 5.74) is 7.09. The predicted molar refractivity (Wildman–Crippen MR) is 75.6 cm³/mol. The lowest BCUT2D eigenvalue weighted by Crippen LogP contribution is -2.11. The molecule has 1 aromatic carbocycles. The Hall–Kier alpha value is -0.740. The molecule has 0 fully saturated rings. The Morgan fingerprint density at radius 2 is 2.12 bits per heavy atom. The lowest BCUT2D eigenvalue weighted by atomic mass is 10.1. The van der Waals surface area contributed by atoms with E-state index in [1.54, 1.807) is 24.5 Å². The van der Waals surface area contributed by atoms with Gasteiger partial charge in [0.05, 0.1) is 13.2 Å². The molecule has 0 saturated carbocycles. The lowest BCUT2D eigenvalue weighted by Gasteiger charge is -2.14. The van der Waals surface area contributed by atoms with Crippen LogP contribution in [0.25, 0.3) is 0 Å². The number of hydrogen-bond donors (Lipinski definition) is 1. The van der Waals surface area contributed by atoms with E-state index in [2.05, 4.69) is 0 Å². The Morgan fingerprint density at radius 1 is 1.35 bits per heavy atom. The molecule has 0 unspecified atom stereocenters. The molecule has 92 valence electrons. The molecule has 1 atom stereocenters. The van der Waals surface area contributed by atoms with E-state index in [0.717, 1.165) is 16.2 Å². The zero-order chi connectivity index (χ0) is 11.5. The highest BCUT2D eigenvalue weighted by Crippen LogP contribution is 2.32. The van der Waals surface area contributed by atoms with Crippen LogP contribution in [0.3, 0.4) is 0 Å². The Kier molecular flexibility index (Phi) is 5.28. The summed E-state index contributed by atoms with van der Waals surface area (Å²) in [5, 5.41) is 2.68. The fourth-order valence-electron chi connectivity index (χ4n) is 1.57. The van der Waals surface area contributed by atoms with E-state index in [1.165, 1.54) is 0 Å². The third-order valence-electron chi connectivity index (χ3n) is 2.38. The van der Waals surface area contributed by atoms with Crippen LogP contribution in [0.15, 0.2) is 35.7 Å². The van der Waals surface area contributed by atoms with Gasteiger partial charge in [-0.3, -0.25) is 0 Å². The number of methoxy groups -OCH3 is 1. The molecular weight excluding hydrogens is 277 g/mol. The van der Waals surface area contributed by atoms with Crippen LogP contribution in [0.2, 0.25) is 5.02 Å². The van der Waals surface area contributed by atoms with Crippen molar-refractivity contribution in [2.45, 2.75) is 6.04 Å². The largest absolute Gasteiger partial charge is 0.496 e. The topological polar surface area (TPSA) is 35.2 Å². The molecule has 0 aliphatic carbocycles. The van der Waals surface area contributed by atoms with E-state index in [1.807, 2.05) is 29.6 Å². The van der Waals surface area contributed by atoms with Gasteiger partial charge in [-0.2, -0.15) is 0 Å². The molecule has 2 N–H and O–H groups in total. The summed E-state index contributed by atoms with van der Waals surface area (Å²) in [6.07, 6.45) is 0. The van der Waals surface area contributed by atoms with Crippen LogP contribution in [-0.2, 0) is 0 Å². The van der Waals surface area contributed by atoms with Gasteiger partial charge in [0, 0.05) is 15.5 Å². The Bertz CT molecular complexity index is 473. The molecule has 0 spiro atoms. The van der Waals surface area contributed by atoms with E-state index < -0.39 is 0 Å². The first-order valence-corrected chi connectivity index (χ1v) is 6.10. The van der Waals surface area contributed by atoms with Crippen LogP contribution in [0, 0.1) is 0 Å². The molecule has 0 amide bonds. The van der Waals surface area contributed by atoms with Crippen LogP contribution < -0.4 is 10.5 Å². The first-order valence-electron chi connectivity index (χ1n) is 4.85. The van der Waals surface area contributed by atoms with Crippen molar-refractivity contribution in [3.8, 4) is 5.75 Å². The van der Waals surface area contributed by atoms with Gasteiger partial charge in [-0.1, -0.05) is 17.7 Å². The molecule has 1 aromatic heterocycles. The number of benzene rings is 1. The van der Waals surface area contributed by atoms with Crippen molar-refractivity contribution in [3.05, 3.63) is 51.2 Å². The minimum absolute atomic E-state index is 0. The van der Waals surface area contributed by atoms with Gasteiger partial charge in [0.2, 0.25) is 0 Å². The highest BCUT2D eigenvalue weighted by atomic mass is 35.5. The van der Waals surface area contributed by atoms with Crippen molar-refractivity contribution in [1.29, 1.82) is 0 Å². The van der Waals surface area contributed by atoms with Crippen LogP contribution in [0.5, 0.6) is 5.75 Å². The summed E-state index contributed by atoms with van der Waals surface area (Å²) in [6.45, 7) is 0. The fourth-order valence-corrected chi connectivity index (χ4v) is 2.50. The number of hydrogen-bond acceptors (Lipinski definition) is 3. The highest BCUT2D eigenvalue weighted by molar-refractivity contribution is 7.10. The minimum atomic E-state index is -0.186. The van der Waals surface area contributed by atoms with E-state index in [9.17, 15) is 0 Å². The SMILES string of the molecule is COc1ccc(Cl)cc1[C@H](N)c1cccs1.Cl. The highest BCUT2D eigenvalue weighted by Gasteiger charge is 2.15. The van der Waals surface area contributed by atoms with Crippen molar-refractivity contribution >= 4 is 35.3 Å². The molecule has 2 rings (SSSR count). The minimum Gasteiger partial charge on any atom is -0.496 e. The normalized spacial score (nSPS) is 11.7. The molecule has 0 aliphatic heterocycles. The van der Waals surface area contributed by atoms with Crippen molar-refractivity contribution < 1.29 is 4.74 Å².